The van der Waals surface area contributed by atoms with Crippen molar-refractivity contribution >= 4 is 18.4 Å². The van der Waals surface area contributed by atoms with Crippen LogP contribution in [0, 0.1) is 12.8 Å². The molecule has 1 aromatic heterocycles. The van der Waals surface area contributed by atoms with Crippen LogP contribution in [0.25, 0.3) is 11.3 Å². The lowest BCUT2D eigenvalue weighted by Gasteiger charge is -2.32. The van der Waals surface area contributed by atoms with Gasteiger partial charge >= 0.3 is 6.18 Å². The van der Waals surface area contributed by atoms with Gasteiger partial charge in [-0.05, 0) is 50.4 Å². The van der Waals surface area contributed by atoms with Crippen molar-refractivity contribution in [2.24, 2.45) is 5.92 Å². The molecule has 4 rings (SSSR count). The molecule has 2 aliphatic rings. The summed E-state index contributed by atoms with van der Waals surface area (Å²) in [5, 5.41) is 21.8. The predicted octanol–water partition coefficient (Wildman–Crippen LogP) is 3.18. The molecule has 0 spiro atoms. The number of benzene rings is 1. The smallest absolute Gasteiger partial charge is 0.416 e. The Labute approximate surface area is 166 Å². The number of phenolic OH excluding ortho intramolecular Hbond substituents is 1. The largest absolute Gasteiger partial charge is 0.507 e. The summed E-state index contributed by atoms with van der Waals surface area (Å²) in [6, 6.07) is 3.16. The molecule has 10 heteroatoms. The molecule has 0 amide bonds. The Morgan fingerprint density at radius 1 is 1.21 bits per heavy atom. The molecular weight excluding hydrogens is 395 g/mol. The van der Waals surface area contributed by atoms with Gasteiger partial charge in [0.25, 0.3) is 0 Å². The van der Waals surface area contributed by atoms with Gasteiger partial charge in [-0.25, -0.2) is 4.98 Å². The molecular formula is C18H21ClF3N5O. The van der Waals surface area contributed by atoms with Crippen molar-refractivity contribution in [2.45, 2.75) is 32.0 Å². The molecule has 1 aromatic carbocycles. The number of alkyl halides is 3. The number of rotatable bonds is 2. The van der Waals surface area contributed by atoms with Crippen LogP contribution >= 0.6 is 12.4 Å². The highest BCUT2D eigenvalue weighted by atomic mass is 35.5. The lowest BCUT2D eigenvalue weighted by atomic mass is 9.93. The van der Waals surface area contributed by atoms with Gasteiger partial charge in [-0.1, -0.05) is 0 Å². The Morgan fingerprint density at radius 2 is 2.00 bits per heavy atom. The fourth-order valence-corrected chi connectivity index (χ4v) is 3.99. The summed E-state index contributed by atoms with van der Waals surface area (Å²) in [7, 11) is 0. The first kappa shape index (κ1) is 20.6. The zero-order chi connectivity index (χ0) is 19.2. The van der Waals surface area contributed by atoms with E-state index in [0.717, 1.165) is 38.5 Å². The van der Waals surface area contributed by atoms with Crippen LogP contribution in [0.5, 0.6) is 5.75 Å². The van der Waals surface area contributed by atoms with Gasteiger partial charge in [-0.2, -0.15) is 13.2 Å². The van der Waals surface area contributed by atoms with E-state index in [2.05, 4.69) is 25.4 Å². The lowest BCUT2D eigenvalue weighted by molar-refractivity contribution is -0.137. The average molecular weight is 416 g/mol. The van der Waals surface area contributed by atoms with E-state index in [0.29, 0.717) is 29.7 Å². The predicted molar refractivity (Wildman–Crippen MR) is 101 cm³/mol. The highest BCUT2D eigenvalue weighted by Gasteiger charge is 2.37. The van der Waals surface area contributed by atoms with Crippen LogP contribution in [0.2, 0.25) is 0 Å². The van der Waals surface area contributed by atoms with E-state index in [1.54, 1.807) is 6.92 Å². The average Bonchev–Trinajstić information content (AvgIpc) is 3.05. The Balaban J connectivity index is 0.00000225. The molecule has 2 aromatic rings. The lowest BCUT2D eigenvalue weighted by Crippen LogP contribution is -2.46. The van der Waals surface area contributed by atoms with Crippen LogP contribution in [0.3, 0.4) is 0 Å². The number of fused-ring (bicyclic) bond motifs is 1. The van der Waals surface area contributed by atoms with Gasteiger partial charge in [-0.3, -0.25) is 0 Å². The van der Waals surface area contributed by atoms with Gasteiger partial charge in [0.1, 0.15) is 11.4 Å². The van der Waals surface area contributed by atoms with Crippen molar-refractivity contribution < 1.29 is 18.3 Å². The highest BCUT2D eigenvalue weighted by molar-refractivity contribution is 5.85. The fraction of sp³-hybridized carbons (Fsp3) is 0.500. The van der Waals surface area contributed by atoms with E-state index in [4.69, 9.17) is 0 Å². The second-order valence-electron chi connectivity index (χ2n) is 7.08. The summed E-state index contributed by atoms with van der Waals surface area (Å²) in [5.74, 6) is 0.655. The van der Waals surface area contributed by atoms with Crippen molar-refractivity contribution in [3.63, 3.8) is 0 Å². The van der Waals surface area contributed by atoms with Gasteiger partial charge in [-0.15, -0.1) is 22.6 Å². The maximum Gasteiger partial charge on any atom is 0.416 e. The topological polar surface area (TPSA) is 74.2 Å². The molecule has 2 atom stereocenters. The van der Waals surface area contributed by atoms with E-state index in [9.17, 15) is 18.3 Å². The number of piperidine rings is 1. The van der Waals surface area contributed by atoms with E-state index in [1.165, 1.54) is 6.07 Å². The van der Waals surface area contributed by atoms with E-state index in [1.807, 2.05) is 0 Å². The zero-order valence-corrected chi connectivity index (χ0v) is 16.0. The Kier molecular flexibility index (Phi) is 5.67. The normalized spacial score (nSPS) is 21.9. The number of hydrogen-bond donors (Lipinski definition) is 2. The van der Waals surface area contributed by atoms with Crippen molar-refractivity contribution in [3.8, 4) is 17.0 Å². The minimum atomic E-state index is -4.51. The zero-order valence-electron chi connectivity index (χ0n) is 15.2. The van der Waals surface area contributed by atoms with Crippen LogP contribution in [0.15, 0.2) is 18.2 Å². The molecule has 28 heavy (non-hydrogen) atoms. The number of nitrogens with zero attached hydrogens (tertiary/aromatic N) is 4. The molecule has 2 aliphatic heterocycles. The molecule has 2 fully saturated rings. The second kappa shape index (κ2) is 7.71. The fourth-order valence-electron chi connectivity index (χ4n) is 3.99. The summed E-state index contributed by atoms with van der Waals surface area (Å²) in [5.41, 5.74) is 0.0716. The van der Waals surface area contributed by atoms with Gasteiger partial charge < -0.3 is 15.3 Å². The Bertz CT molecular complexity index is 864. The first-order chi connectivity index (χ1) is 12.8. The minimum absolute atomic E-state index is 0. The van der Waals surface area contributed by atoms with Crippen LogP contribution < -0.4 is 10.2 Å². The Morgan fingerprint density at radius 3 is 2.68 bits per heavy atom. The number of anilines is 1. The van der Waals surface area contributed by atoms with Gasteiger partial charge in [0.2, 0.25) is 5.95 Å². The molecule has 6 nitrogen and oxygen atoms in total. The summed E-state index contributed by atoms with van der Waals surface area (Å²) < 4.78 is 38.3. The van der Waals surface area contributed by atoms with Crippen molar-refractivity contribution in [3.05, 3.63) is 29.5 Å². The number of aryl methyl sites for hydroxylation is 1. The van der Waals surface area contributed by atoms with E-state index < -0.39 is 17.5 Å². The maximum absolute atomic E-state index is 12.8. The number of phenols is 1. The van der Waals surface area contributed by atoms with Crippen LogP contribution in [-0.2, 0) is 6.18 Å². The molecule has 2 saturated heterocycles. The van der Waals surface area contributed by atoms with E-state index >= 15 is 0 Å². The summed E-state index contributed by atoms with van der Waals surface area (Å²) in [6.45, 7) is 4.49. The van der Waals surface area contributed by atoms with Crippen LogP contribution in [-0.4, -0.2) is 46.0 Å². The standard InChI is InChI=1S/C18H20F3N5O.ClH/c1-10-16(13-3-2-12(8-15(13)27)18(19,20)21)24-25-17(23-10)26-7-5-11-4-6-22-9-14(11)26;/h2-3,8,11,14,22,27H,4-7,9H2,1H3;1H/t11-,14-;/m0./s1. The molecule has 0 saturated carbocycles. The summed E-state index contributed by atoms with van der Waals surface area (Å²) in [6.07, 6.45) is -2.29. The van der Waals surface area contributed by atoms with Crippen LogP contribution in [0.4, 0.5) is 19.1 Å². The molecule has 3 heterocycles. The van der Waals surface area contributed by atoms with Crippen molar-refractivity contribution in [1.82, 2.24) is 20.5 Å². The molecule has 2 N–H and O–H groups in total. The first-order valence-electron chi connectivity index (χ1n) is 8.94. The van der Waals surface area contributed by atoms with Crippen molar-refractivity contribution in [1.29, 1.82) is 0 Å². The number of nitrogens with one attached hydrogen (secondary N) is 1. The SMILES string of the molecule is Cc1nc(N2CC[C@@H]3CCNC[C@@H]32)nnc1-c1ccc(C(F)(F)F)cc1O.Cl. The second-order valence-corrected chi connectivity index (χ2v) is 7.08. The van der Waals surface area contributed by atoms with E-state index in [-0.39, 0.29) is 23.7 Å². The Hall–Kier alpha value is -2.13. The molecule has 0 aliphatic carbocycles. The van der Waals surface area contributed by atoms with Crippen LogP contribution in [0.1, 0.15) is 24.1 Å². The quantitative estimate of drug-likeness (QED) is 0.784. The van der Waals surface area contributed by atoms with Gasteiger partial charge in [0.05, 0.1) is 11.3 Å². The van der Waals surface area contributed by atoms with Gasteiger partial charge in [0, 0.05) is 24.7 Å². The number of halogens is 4. The third-order valence-corrected chi connectivity index (χ3v) is 5.42. The number of aromatic nitrogens is 3. The summed E-state index contributed by atoms with van der Waals surface area (Å²) in [4.78, 5) is 6.67. The molecule has 0 unspecified atom stereocenters. The number of hydrogen-bond acceptors (Lipinski definition) is 6. The maximum atomic E-state index is 12.8. The van der Waals surface area contributed by atoms with Gasteiger partial charge in [0.15, 0.2) is 0 Å². The number of aromatic hydroxyl groups is 1. The monoisotopic (exact) mass is 415 g/mol. The summed E-state index contributed by atoms with van der Waals surface area (Å²) >= 11 is 0. The molecule has 0 bridgehead atoms. The third-order valence-electron chi connectivity index (χ3n) is 5.42. The van der Waals surface area contributed by atoms with Crippen molar-refractivity contribution in [2.75, 3.05) is 24.5 Å². The first-order valence-corrected chi connectivity index (χ1v) is 8.94. The molecule has 0 radical (unpaired) electrons. The minimum Gasteiger partial charge on any atom is -0.507 e. The third kappa shape index (κ3) is 3.73. The highest BCUT2D eigenvalue weighted by Crippen LogP contribution is 2.37. The molecule has 152 valence electrons.